The van der Waals surface area contributed by atoms with E-state index in [2.05, 4.69) is 28.8 Å². The average molecular weight is 413 g/mol. The Hall–Kier alpha value is -1.71. The van der Waals surface area contributed by atoms with Gasteiger partial charge in [0.05, 0.1) is 9.82 Å². The minimum atomic E-state index is -3.84. The van der Waals surface area contributed by atoms with Crippen LogP contribution in [0.4, 0.5) is 11.4 Å². The lowest BCUT2D eigenvalue weighted by Crippen LogP contribution is -2.42. The number of hydrogen-bond acceptors (Lipinski definition) is 6. The van der Waals surface area contributed by atoms with Gasteiger partial charge in [-0.25, -0.2) is 13.1 Å². The first kappa shape index (κ1) is 22.6. The predicted octanol–water partition coefficient (Wildman–Crippen LogP) is 3.20. The number of nitrogens with one attached hydrogen (secondary N) is 2. The Morgan fingerprint density at radius 2 is 1.82 bits per heavy atom. The molecule has 1 aromatic rings. The second-order valence-corrected chi connectivity index (χ2v) is 10.4. The number of anilines is 1. The Morgan fingerprint density at radius 3 is 2.32 bits per heavy atom. The number of rotatable bonds is 8. The van der Waals surface area contributed by atoms with Crippen LogP contribution in [0.1, 0.15) is 47.5 Å². The van der Waals surface area contributed by atoms with Gasteiger partial charge in [-0.1, -0.05) is 13.8 Å². The summed E-state index contributed by atoms with van der Waals surface area (Å²) in [5.74, 6) is 0.403. The average Bonchev–Trinajstić information content (AvgIpc) is 3.06. The molecule has 1 aliphatic heterocycles. The molecule has 1 saturated heterocycles. The third-order valence-electron chi connectivity index (χ3n) is 4.80. The molecule has 2 N–H and O–H groups in total. The first-order valence-electron chi connectivity index (χ1n) is 9.71. The number of hydrogen-bond donors (Lipinski definition) is 2. The van der Waals surface area contributed by atoms with Crippen LogP contribution < -0.4 is 10.0 Å². The number of benzene rings is 1. The normalized spacial score (nSPS) is 17.1. The molecule has 1 atom stereocenters. The van der Waals surface area contributed by atoms with E-state index >= 15 is 0 Å². The summed E-state index contributed by atoms with van der Waals surface area (Å²) in [6.07, 6.45) is 2.35. The highest BCUT2D eigenvalue weighted by Gasteiger charge is 2.27. The first-order chi connectivity index (χ1) is 12.9. The van der Waals surface area contributed by atoms with Crippen LogP contribution in [0.3, 0.4) is 0 Å². The zero-order valence-electron chi connectivity index (χ0n) is 17.4. The Balaban J connectivity index is 2.24. The summed E-state index contributed by atoms with van der Waals surface area (Å²) < 4.78 is 27.5. The van der Waals surface area contributed by atoms with E-state index in [1.54, 1.807) is 20.8 Å². The monoisotopic (exact) mass is 412 g/mol. The lowest BCUT2D eigenvalue weighted by atomic mass is 10.0. The third-order valence-corrected chi connectivity index (χ3v) is 6.55. The Kier molecular flexibility index (Phi) is 7.06. The maximum atomic E-state index is 12.5. The van der Waals surface area contributed by atoms with Gasteiger partial charge in [0.25, 0.3) is 5.69 Å². The van der Waals surface area contributed by atoms with Gasteiger partial charge in [-0.05, 0) is 64.8 Å². The van der Waals surface area contributed by atoms with Crippen LogP contribution >= 0.6 is 0 Å². The molecular formula is C19H32N4O4S. The molecule has 1 aromatic carbocycles. The molecule has 0 bridgehead atoms. The Labute approximate surface area is 167 Å². The fraction of sp³-hybridized carbons (Fsp3) is 0.684. The quantitative estimate of drug-likeness (QED) is 0.502. The highest BCUT2D eigenvalue weighted by atomic mass is 32.2. The smallest absolute Gasteiger partial charge is 0.293 e. The Bertz CT molecular complexity index is 797. The van der Waals surface area contributed by atoms with E-state index in [4.69, 9.17) is 0 Å². The SMILES string of the molecule is CC(C)[C@H](CNc1ccc(S(=O)(=O)NC(C)(C)C)cc1[N+](=O)[O-])N1CCCC1. The molecule has 28 heavy (non-hydrogen) atoms. The van der Waals surface area contributed by atoms with Gasteiger partial charge in [0.2, 0.25) is 10.0 Å². The lowest BCUT2D eigenvalue weighted by molar-refractivity contribution is -0.384. The molecule has 0 aliphatic carbocycles. The Morgan fingerprint density at radius 1 is 1.21 bits per heavy atom. The van der Waals surface area contributed by atoms with Gasteiger partial charge in [-0.2, -0.15) is 0 Å². The highest BCUT2D eigenvalue weighted by Crippen LogP contribution is 2.29. The molecule has 1 aliphatic rings. The number of likely N-dealkylation sites (tertiary alicyclic amines) is 1. The van der Waals surface area contributed by atoms with Gasteiger partial charge in [0.1, 0.15) is 5.69 Å². The highest BCUT2D eigenvalue weighted by molar-refractivity contribution is 7.89. The second kappa shape index (κ2) is 8.75. The molecule has 0 aromatic heterocycles. The van der Waals surface area contributed by atoms with Gasteiger partial charge in [0.15, 0.2) is 0 Å². The predicted molar refractivity (Wildman–Crippen MR) is 111 cm³/mol. The van der Waals surface area contributed by atoms with Crippen LogP contribution in [0.5, 0.6) is 0 Å². The molecule has 0 saturated carbocycles. The molecule has 1 fully saturated rings. The van der Waals surface area contributed by atoms with Crippen molar-refractivity contribution in [1.29, 1.82) is 0 Å². The van der Waals surface area contributed by atoms with Crippen molar-refractivity contribution in [2.24, 2.45) is 5.92 Å². The maximum absolute atomic E-state index is 12.5. The minimum Gasteiger partial charge on any atom is -0.378 e. The topological polar surface area (TPSA) is 105 Å². The summed E-state index contributed by atoms with van der Waals surface area (Å²) in [5.41, 5.74) is -0.574. The second-order valence-electron chi connectivity index (χ2n) is 8.73. The van der Waals surface area contributed by atoms with E-state index in [0.29, 0.717) is 18.2 Å². The van der Waals surface area contributed by atoms with Crippen molar-refractivity contribution < 1.29 is 13.3 Å². The van der Waals surface area contributed by atoms with Crippen molar-refractivity contribution in [3.63, 3.8) is 0 Å². The van der Waals surface area contributed by atoms with Crippen LogP contribution in [0.2, 0.25) is 0 Å². The molecule has 2 rings (SSSR count). The first-order valence-corrected chi connectivity index (χ1v) is 11.2. The van der Waals surface area contributed by atoms with E-state index in [9.17, 15) is 18.5 Å². The molecule has 9 heteroatoms. The van der Waals surface area contributed by atoms with Gasteiger partial charge >= 0.3 is 0 Å². The van der Waals surface area contributed by atoms with Crippen LogP contribution in [-0.2, 0) is 10.0 Å². The number of nitrogens with zero attached hydrogens (tertiary/aromatic N) is 2. The molecule has 0 amide bonds. The fourth-order valence-corrected chi connectivity index (χ4v) is 4.95. The number of nitro benzene ring substituents is 1. The van der Waals surface area contributed by atoms with E-state index in [-0.39, 0.29) is 16.6 Å². The van der Waals surface area contributed by atoms with Crippen molar-refractivity contribution in [3.8, 4) is 0 Å². The molecule has 158 valence electrons. The maximum Gasteiger partial charge on any atom is 0.293 e. The molecular weight excluding hydrogens is 380 g/mol. The van der Waals surface area contributed by atoms with E-state index in [1.807, 2.05) is 0 Å². The summed E-state index contributed by atoms with van der Waals surface area (Å²) in [4.78, 5) is 13.3. The van der Waals surface area contributed by atoms with Crippen molar-refractivity contribution in [2.45, 2.75) is 63.9 Å². The standard InChI is InChI=1S/C19H32N4O4S/c1-14(2)18(22-10-6-7-11-22)13-20-16-9-8-15(12-17(16)23(24)25)28(26,27)21-19(3,4)5/h8-9,12,14,18,20-21H,6-7,10-11,13H2,1-5H3/t18-/m0/s1. The van der Waals surface area contributed by atoms with Crippen LogP contribution in [0.25, 0.3) is 0 Å². The van der Waals surface area contributed by atoms with Gasteiger partial charge < -0.3 is 5.32 Å². The molecule has 0 unspecified atom stereocenters. The van der Waals surface area contributed by atoms with Crippen molar-refractivity contribution in [2.75, 3.05) is 25.0 Å². The molecule has 1 heterocycles. The largest absolute Gasteiger partial charge is 0.378 e. The fourth-order valence-electron chi connectivity index (χ4n) is 3.52. The summed E-state index contributed by atoms with van der Waals surface area (Å²) in [6, 6.07) is 4.28. The van der Waals surface area contributed by atoms with Crippen LogP contribution in [0, 0.1) is 16.0 Å². The van der Waals surface area contributed by atoms with Gasteiger partial charge in [0, 0.05) is 24.2 Å². The number of nitro groups is 1. The van der Waals surface area contributed by atoms with Crippen molar-refractivity contribution in [3.05, 3.63) is 28.3 Å². The van der Waals surface area contributed by atoms with Crippen molar-refractivity contribution >= 4 is 21.4 Å². The summed E-state index contributed by atoms with van der Waals surface area (Å²) >= 11 is 0. The van der Waals surface area contributed by atoms with Crippen LogP contribution in [-0.4, -0.2) is 49.5 Å². The van der Waals surface area contributed by atoms with Crippen LogP contribution in [0.15, 0.2) is 23.1 Å². The minimum absolute atomic E-state index is 0.111. The van der Waals surface area contributed by atoms with Gasteiger partial charge in [-0.3, -0.25) is 15.0 Å². The third kappa shape index (κ3) is 5.89. The summed E-state index contributed by atoms with van der Waals surface area (Å²) in [5, 5.41) is 14.7. The lowest BCUT2D eigenvalue weighted by Gasteiger charge is -2.31. The zero-order chi connectivity index (χ0) is 21.1. The van der Waals surface area contributed by atoms with Crippen molar-refractivity contribution in [1.82, 2.24) is 9.62 Å². The number of sulfonamides is 1. The molecule has 8 nitrogen and oxygen atoms in total. The summed E-state index contributed by atoms with van der Waals surface area (Å²) in [6.45, 7) is 12.1. The van der Waals surface area contributed by atoms with E-state index in [0.717, 1.165) is 19.2 Å². The molecule has 0 spiro atoms. The van der Waals surface area contributed by atoms with Gasteiger partial charge in [-0.15, -0.1) is 0 Å². The van der Waals surface area contributed by atoms with E-state index < -0.39 is 20.5 Å². The summed E-state index contributed by atoms with van der Waals surface area (Å²) in [7, 11) is -3.84. The zero-order valence-corrected chi connectivity index (χ0v) is 18.2. The van der Waals surface area contributed by atoms with E-state index in [1.165, 1.54) is 25.0 Å². The molecule has 0 radical (unpaired) electrons.